The molecule has 0 aromatic rings. The fourth-order valence-electron chi connectivity index (χ4n) is 1.88. The van der Waals surface area contributed by atoms with Gasteiger partial charge in [-0.1, -0.05) is 12.2 Å². The van der Waals surface area contributed by atoms with E-state index in [2.05, 4.69) is 25.5 Å². The third kappa shape index (κ3) is 2.08. The molecule has 0 spiro atoms. The van der Waals surface area contributed by atoms with Gasteiger partial charge >= 0.3 is 0 Å². The molecule has 12 heavy (non-hydrogen) atoms. The summed E-state index contributed by atoms with van der Waals surface area (Å²) in [5.41, 5.74) is 1.33. The van der Waals surface area contributed by atoms with Gasteiger partial charge in [0.15, 0.2) is 0 Å². The molecule has 1 rings (SSSR count). The smallest absolute Gasteiger partial charge is 0.0705 e. The van der Waals surface area contributed by atoms with E-state index in [0.717, 1.165) is 19.6 Å². The summed E-state index contributed by atoms with van der Waals surface area (Å²) in [6.07, 6.45) is 1.43. The number of rotatable bonds is 3. The quantitative estimate of drug-likeness (QED) is 0.596. The van der Waals surface area contributed by atoms with Crippen molar-refractivity contribution in [1.29, 1.82) is 0 Å². The van der Waals surface area contributed by atoms with Crippen molar-refractivity contribution in [2.45, 2.75) is 32.4 Å². The van der Waals surface area contributed by atoms with E-state index < -0.39 is 0 Å². The van der Waals surface area contributed by atoms with E-state index in [1.54, 1.807) is 0 Å². The van der Waals surface area contributed by atoms with Crippen molar-refractivity contribution < 1.29 is 4.74 Å². The minimum Gasteiger partial charge on any atom is -0.377 e. The second-order valence-electron chi connectivity index (χ2n) is 3.60. The van der Waals surface area contributed by atoms with Crippen molar-refractivity contribution in [2.24, 2.45) is 0 Å². The van der Waals surface area contributed by atoms with Crippen molar-refractivity contribution in [1.82, 2.24) is 4.90 Å². The molecular weight excluding hydrogens is 150 g/mol. The molecule has 1 aliphatic heterocycles. The summed E-state index contributed by atoms with van der Waals surface area (Å²) in [6, 6.07) is 0.539. The van der Waals surface area contributed by atoms with Crippen LogP contribution < -0.4 is 0 Å². The van der Waals surface area contributed by atoms with E-state index in [0.29, 0.717) is 12.1 Å². The Balaban J connectivity index is 2.45. The second kappa shape index (κ2) is 4.06. The predicted octanol–water partition coefficient (Wildman–Crippen LogP) is 1.67. The molecule has 2 nitrogen and oxygen atoms in total. The molecule has 70 valence electrons. The van der Waals surface area contributed by atoms with Crippen LogP contribution >= 0.6 is 0 Å². The van der Waals surface area contributed by atoms with Crippen LogP contribution in [0, 0.1) is 0 Å². The van der Waals surface area contributed by atoms with Gasteiger partial charge in [-0.05, 0) is 27.3 Å². The lowest BCUT2D eigenvalue weighted by Gasteiger charge is -2.25. The van der Waals surface area contributed by atoms with Gasteiger partial charge in [-0.2, -0.15) is 0 Å². The van der Waals surface area contributed by atoms with Gasteiger partial charge in [0.25, 0.3) is 0 Å². The Kier molecular flexibility index (Phi) is 3.29. The molecule has 0 saturated carbocycles. The van der Waals surface area contributed by atoms with Crippen molar-refractivity contribution in [3.63, 3.8) is 0 Å². The molecule has 1 fully saturated rings. The van der Waals surface area contributed by atoms with Crippen LogP contribution in [0.5, 0.6) is 0 Å². The highest BCUT2D eigenvalue weighted by molar-refractivity contribution is 5.08. The summed E-state index contributed by atoms with van der Waals surface area (Å²) in [5, 5.41) is 0. The Morgan fingerprint density at radius 3 is 2.83 bits per heavy atom. The fraction of sp³-hybridized carbons (Fsp3) is 0.800. The first-order chi connectivity index (χ1) is 5.65. The summed E-state index contributed by atoms with van der Waals surface area (Å²) in [6.45, 7) is 10.0. The minimum atomic E-state index is 0.333. The third-order valence-electron chi connectivity index (χ3n) is 2.51. The van der Waals surface area contributed by atoms with Crippen molar-refractivity contribution in [3.05, 3.63) is 12.2 Å². The molecule has 2 atom stereocenters. The monoisotopic (exact) mass is 169 g/mol. The van der Waals surface area contributed by atoms with Crippen LogP contribution in [0.25, 0.3) is 0 Å². The first-order valence-corrected chi connectivity index (χ1v) is 4.63. The predicted molar refractivity (Wildman–Crippen MR) is 51.3 cm³/mol. The van der Waals surface area contributed by atoms with Crippen LogP contribution in [0.15, 0.2) is 12.2 Å². The number of hydrogen-bond donors (Lipinski definition) is 0. The first-order valence-electron chi connectivity index (χ1n) is 4.63. The highest BCUT2D eigenvalue weighted by atomic mass is 16.5. The molecule has 1 heterocycles. The maximum absolute atomic E-state index is 5.56. The number of nitrogens with zero attached hydrogens (tertiary/aromatic N) is 1. The van der Waals surface area contributed by atoms with E-state index in [1.165, 1.54) is 5.57 Å². The van der Waals surface area contributed by atoms with Crippen LogP contribution in [-0.2, 0) is 4.74 Å². The molecule has 0 aliphatic carbocycles. The highest BCUT2D eigenvalue weighted by Crippen LogP contribution is 2.23. The number of likely N-dealkylation sites (N-methyl/N-ethyl adjacent to an activating group) is 1. The van der Waals surface area contributed by atoms with Gasteiger partial charge in [-0.15, -0.1) is 0 Å². The summed E-state index contributed by atoms with van der Waals surface area (Å²) in [4.78, 5) is 2.32. The highest BCUT2D eigenvalue weighted by Gasteiger charge is 2.28. The van der Waals surface area contributed by atoms with E-state index in [-0.39, 0.29) is 0 Å². The largest absolute Gasteiger partial charge is 0.377 e. The van der Waals surface area contributed by atoms with E-state index in [9.17, 15) is 0 Å². The lowest BCUT2D eigenvalue weighted by Crippen LogP contribution is -2.36. The van der Waals surface area contributed by atoms with Crippen LogP contribution in [0.4, 0.5) is 0 Å². The van der Waals surface area contributed by atoms with Gasteiger partial charge in [-0.3, -0.25) is 4.90 Å². The van der Waals surface area contributed by atoms with Crippen LogP contribution in [0.3, 0.4) is 0 Å². The van der Waals surface area contributed by atoms with E-state index in [1.807, 2.05) is 6.92 Å². The van der Waals surface area contributed by atoms with Gasteiger partial charge in [0.05, 0.1) is 6.10 Å². The Labute approximate surface area is 75.2 Å². The molecule has 0 unspecified atom stereocenters. The standard InChI is InChI=1S/C10H19NO/c1-5-12-9(3)10-6-8(2)7-11(10)4/h9-10H,2,5-7H2,1,3-4H3/t9-,10-/m0/s1. The SMILES string of the molecule is C=C1C[C@@H]([C@H](C)OCC)N(C)C1. The van der Waals surface area contributed by atoms with Crippen LogP contribution in [0.1, 0.15) is 20.3 Å². The van der Waals surface area contributed by atoms with Crippen LogP contribution in [0.2, 0.25) is 0 Å². The van der Waals surface area contributed by atoms with Crippen molar-refractivity contribution in [2.75, 3.05) is 20.2 Å². The molecule has 0 amide bonds. The average Bonchev–Trinajstić information content (AvgIpc) is 2.30. The molecular formula is C10H19NO. The van der Waals surface area contributed by atoms with Gasteiger partial charge < -0.3 is 4.74 Å². The zero-order valence-electron chi connectivity index (χ0n) is 8.34. The molecule has 0 aromatic heterocycles. The molecule has 2 heteroatoms. The topological polar surface area (TPSA) is 12.5 Å². The summed E-state index contributed by atoms with van der Waals surface area (Å²) in [7, 11) is 2.14. The minimum absolute atomic E-state index is 0.333. The molecule has 1 aliphatic rings. The van der Waals surface area contributed by atoms with Crippen molar-refractivity contribution in [3.8, 4) is 0 Å². The fourth-order valence-corrected chi connectivity index (χ4v) is 1.88. The Morgan fingerprint density at radius 1 is 1.75 bits per heavy atom. The zero-order chi connectivity index (χ0) is 9.14. The number of hydrogen-bond acceptors (Lipinski definition) is 2. The molecule has 0 bridgehead atoms. The average molecular weight is 169 g/mol. The Bertz CT molecular complexity index is 167. The molecule has 0 aromatic carbocycles. The first kappa shape index (κ1) is 9.75. The maximum Gasteiger partial charge on any atom is 0.0705 e. The van der Waals surface area contributed by atoms with Crippen molar-refractivity contribution >= 4 is 0 Å². The van der Waals surface area contributed by atoms with E-state index >= 15 is 0 Å². The Hall–Kier alpha value is -0.340. The summed E-state index contributed by atoms with van der Waals surface area (Å²) in [5.74, 6) is 0. The third-order valence-corrected chi connectivity index (χ3v) is 2.51. The second-order valence-corrected chi connectivity index (χ2v) is 3.60. The summed E-state index contributed by atoms with van der Waals surface area (Å²) >= 11 is 0. The van der Waals surface area contributed by atoms with Gasteiger partial charge in [0.1, 0.15) is 0 Å². The number of likely N-dealkylation sites (tertiary alicyclic amines) is 1. The maximum atomic E-state index is 5.56. The Morgan fingerprint density at radius 2 is 2.42 bits per heavy atom. The lowest BCUT2D eigenvalue weighted by molar-refractivity contribution is 0.0237. The van der Waals surface area contributed by atoms with Crippen LogP contribution in [-0.4, -0.2) is 37.2 Å². The molecule has 0 N–H and O–H groups in total. The summed E-state index contributed by atoms with van der Waals surface area (Å²) < 4.78 is 5.56. The van der Waals surface area contributed by atoms with E-state index in [4.69, 9.17) is 4.74 Å². The lowest BCUT2D eigenvalue weighted by atomic mass is 10.1. The molecule has 0 radical (unpaired) electrons. The van der Waals surface area contributed by atoms with Gasteiger partial charge in [0, 0.05) is 19.2 Å². The van der Waals surface area contributed by atoms with Gasteiger partial charge in [-0.25, -0.2) is 0 Å². The molecule has 1 saturated heterocycles. The zero-order valence-corrected chi connectivity index (χ0v) is 8.34. The normalized spacial score (nSPS) is 27.9. The number of ether oxygens (including phenoxy) is 1. The van der Waals surface area contributed by atoms with Gasteiger partial charge in [0.2, 0.25) is 0 Å².